The normalized spacial score (nSPS) is 31.4. The smallest absolute Gasteiger partial charge is 0.334 e. The highest BCUT2D eigenvalue weighted by atomic mass is 16.6. The molecule has 0 N–H and O–H groups in total. The molecule has 5 atom stereocenters. The number of carbonyl (C=O) groups is 3. The summed E-state index contributed by atoms with van der Waals surface area (Å²) in [6.45, 7) is 12.6. The van der Waals surface area contributed by atoms with Crippen molar-refractivity contribution in [3.8, 4) is 0 Å². The summed E-state index contributed by atoms with van der Waals surface area (Å²) in [5.74, 6) is -1.44. The molecule has 0 saturated carbocycles. The van der Waals surface area contributed by atoms with Crippen LogP contribution in [0.15, 0.2) is 35.5 Å². The number of carbonyl (C=O) groups excluding carboxylic acids is 3. The summed E-state index contributed by atoms with van der Waals surface area (Å²) in [6.07, 6.45) is 4.00. The van der Waals surface area contributed by atoms with E-state index in [1.807, 2.05) is 19.9 Å². The maximum absolute atomic E-state index is 12.3. The molecule has 0 radical (unpaired) electrons. The summed E-state index contributed by atoms with van der Waals surface area (Å²) in [5, 5.41) is 0. The Hall–Kier alpha value is -2.37. The third-order valence-corrected chi connectivity index (χ3v) is 5.61. The number of esters is 3. The molecule has 2 aliphatic rings. The third-order valence-electron chi connectivity index (χ3n) is 5.61. The highest BCUT2D eigenvalue weighted by molar-refractivity contribution is 5.91. The number of fused-ring (bicyclic) bond motifs is 1. The molecule has 0 amide bonds. The van der Waals surface area contributed by atoms with Gasteiger partial charge in [0.25, 0.3) is 0 Å². The van der Waals surface area contributed by atoms with Crippen LogP contribution in [0, 0.1) is 11.8 Å². The zero-order valence-electron chi connectivity index (χ0n) is 17.3. The van der Waals surface area contributed by atoms with Crippen LogP contribution in [0.2, 0.25) is 0 Å². The molecule has 154 valence electrons. The zero-order chi connectivity index (χ0) is 21.0. The van der Waals surface area contributed by atoms with E-state index in [2.05, 4.69) is 6.58 Å². The molecule has 5 unspecified atom stereocenters. The van der Waals surface area contributed by atoms with Gasteiger partial charge in [-0.3, -0.25) is 4.79 Å². The molecule has 1 aliphatic heterocycles. The lowest BCUT2D eigenvalue weighted by Gasteiger charge is -2.30. The molecule has 6 nitrogen and oxygen atoms in total. The Balaban J connectivity index is 2.35. The third kappa shape index (κ3) is 5.12. The molecular weight excluding hydrogens is 360 g/mol. The van der Waals surface area contributed by atoms with Crippen LogP contribution < -0.4 is 0 Å². The van der Waals surface area contributed by atoms with Crippen LogP contribution in [0.5, 0.6) is 0 Å². The molecule has 0 bridgehead atoms. The number of hydrogen-bond acceptors (Lipinski definition) is 6. The van der Waals surface area contributed by atoms with E-state index < -0.39 is 24.3 Å². The van der Waals surface area contributed by atoms with Crippen LogP contribution in [-0.2, 0) is 28.6 Å². The SMILES string of the molecule is C=C1C(=O)OC2C=C(C)C(OC(C)=O)CCC(C)C(OC(=O)C(C)=CC)CC12. The summed E-state index contributed by atoms with van der Waals surface area (Å²) < 4.78 is 16.7. The van der Waals surface area contributed by atoms with E-state index in [-0.39, 0.29) is 23.8 Å². The van der Waals surface area contributed by atoms with Gasteiger partial charge >= 0.3 is 17.9 Å². The maximum Gasteiger partial charge on any atom is 0.334 e. The lowest BCUT2D eigenvalue weighted by molar-refractivity contribution is -0.149. The molecule has 0 spiro atoms. The molecule has 1 fully saturated rings. The first-order valence-electron chi connectivity index (χ1n) is 9.73. The van der Waals surface area contributed by atoms with E-state index in [4.69, 9.17) is 14.2 Å². The van der Waals surface area contributed by atoms with E-state index >= 15 is 0 Å². The second-order valence-electron chi connectivity index (χ2n) is 7.72. The maximum atomic E-state index is 12.3. The second-order valence-corrected chi connectivity index (χ2v) is 7.72. The van der Waals surface area contributed by atoms with Gasteiger partial charge in [0.1, 0.15) is 18.3 Å². The molecule has 1 aliphatic carbocycles. The Morgan fingerprint density at radius 3 is 2.54 bits per heavy atom. The number of ether oxygens (including phenoxy) is 3. The monoisotopic (exact) mass is 390 g/mol. The summed E-state index contributed by atoms with van der Waals surface area (Å²) in [5.41, 5.74) is 1.77. The van der Waals surface area contributed by atoms with Crippen LogP contribution in [0.3, 0.4) is 0 Å². The van der Waals surface area contributed by atoms with Crippen molar-refractivity contribution >= 4 is 17.9 Å². The minimum atomic E-state index is -0.507. The van der Waals surface area contributed by atoms with Gasteiger partial charge in [-0.2, -0.15) is 0 Å². The summed E-state index contributed by atoms with van der Waals surface area (Å²) in [7, 11) is 0. The minimum absolute atomic E-state index is 0.0155. The summed E-state index contributed by atoms with van der Waals surface area (Å²) >= 11 is 0. The predicted molar refractivity (Wildman–Crippen MR) is 104 cm³/mol. The molecule has 1 heterocycles. The van der Waals surface area contributed by atoms with Crippen molar-refractivity contribution in [1.82, 2.24) is 0 Å². The summed E-state index contributed by atoms with van der Waals surface area (Å²) in [6, 6.07) is 0. The van der Waals surface area contributed by atoms with Gasteiger partial charge in [-0.05, 0) is 57.6 Å². The van der Waals surface area contributed by atoms with Crippen LogP contribution in [0.4, 0.5) is 0 Å². The van der Waals surface area contributed by atoms with Gasteiger partial charge in [0.15, 0.2) is 0 Å². The molecule has 0 aromatic rings. The van der Waals surface area contributed by atoms with Crippen molar-refractivity contribution in [3.63, 3.8) is 0 Å². The van der Waals surface area contributed by atoms with Crippen molar-refractivity contribution in [3.05, 3.63) is 35.5 Å². The Labute approximate surface area is 166 Å². The number of allylic oxidation sites excluding steroid dienone is 1. The average Bonchev–Trinajstić information content (AvgIpc) is 2.89. The van der Waals surface area contributed by atoms with Crippen LogP contribution in [0.1, 0.15) is 53.9 Å². The lowest BCUT2D eigenvalue weighted by atomic mass is 9.82. The molecule has 28 heavy (non-hydrogen) atoms. The molecule has 6 heteroatoms. The Bertz CT molecular complexity index is 717. The van der Waals surface area contributed by atoms with Crippen LogP contribution >= 0.6 is 0 Å². The van der Waals surface area contributed by atoms with Crippen molar-refractivity contribution < 1.29 is 28.6 Å². The van der Waals surface area contributed by atoms with E-state index in [0.29, 0.717) is 30.4 Å². The van der Waals surface area contributed by atoms with Gasteiger partial charge in [-0.1, -0.05) is 19.6 Å². The largest absolute Gasteiger partial charge is 0.459 e. The van der Waals surface area contributed by atoms with Gasteiger partial charge in [-0.25, -0.2) is 9.59 Å². The van der Waals surface area contributed by atoms with Crippen molar-refractivity contribution in [2.75, 3.05) is 0 Å². The fourth-order valence-electron chi connectivity index (χ4n) is 3.60. The van der Waals surface area contributed by atoms with Crippen LogP contribution in [-0.4, -0.2) is 36.2 Å². The number of hydrogen-bond donors (Lipinski definition) is 0. The highest BCUT2D eigenvalue weighted by Gasteiger charge is 2.41. The van der Waals surface area contributed by atoms with Gasteiger partial charge in [0.2, 0.25) is 0 Å². The van der Waals surface area contributed by atoms with Crippen molar-refractivity contribution in [2.24, 2.45) is 11.8 Å². The fraction of sp³-hybridized carbons (Fsp3) is 0.591. The molecule has 0 aromatic carbocycles. The van der Waals surface area contributed by atoms with Gasteiger partial charge < -0.3 is 14.2 Å². The Morgan fingerprint density at radius 1 is 1.25 bits per heavy atom. The van der Waals surface area contributed by atoms with Crippen molar-refractivity contribution in [1.29, 1.82) is 0 Å². The van der Waals surface area contributed by atoms with E-state index in [9.17, 15) is 14.4 Å². The van der Waals surface area contributed by atoms with E-state index in [1.165, 1.54) is 6.92 Å². The van der Waals surface area contributed by atoms with Gasteiger partial charge in [-0.15, -0.1) is 0 Å². The quantitative estimate of drug-likeness (QED) is 0.317. The fourth-order valence-corrected chi connectivity index (χ4v) is 3.60. The zero-order valence-corrected chi connectivity index (χ0v) is 17.3. The summed E-state index contributed by atoms with van der Waals surface area (Å²) in [4.78, 5) is 36.0. The molecular formula is C22H30O6. The molecule has 2 rings (SSSR count). The van der Waals surface area contributed by atoms with Crippen molar-refractivity contribution in [2.45, 2.75) is 72.2 Å². The van der Waals surface area contributed by atoms with Gasteiger partial charge in [0.05, 0.1) is 0 Å². The molecule has 0 aromatic heterocycles. The van der Waals surface area contributed by atoms with Gasteiger partial charge in [0, 0.05) is 24.0 Å². The lowest BCUT2D eigenvalue weighted by Crippen LogP contribution is -2.33. The van der Waals surface area contributed by atoms with E-state index in [1.54, 1.807) is 19.9 Å². The van der Waals surface area contributed by atoms with Crippen LogP contribution in [0.25, 0.3) is 0 Å². The first-order valence-corrected chi connectivity index (χ1v) is 9.73. The second kappa shape index (κ2) is 9.22. The molecule has 1 saturated heterocycles. The number of rotatable bonds is 3. The average molecular weight is 390 g/mol. The standard InChI is InChI=1S/C22H30O6/c1-7-12(2)21(24)27-19-11-17-15(5)22(25)28-20(17)10-14(4)18(26-16(6)23)9-8-13(19)3/h7,10,13,17-20H,5,8-9,11H2,1-4,6H3. The first kappa shape index (κ1) is 21.9. The topological polar surface area (TPSA) is 78.9 Å². The highest BCUT2D eigenvalue weighted by Crippen LogP contribution is 2.37. The van der Waals surface area contributed by atoms with E-state index in [0.717, 1.165) is 5.57 Å². The Morgan fingerprint density at radius 2 is 1.93 bits per heavy atom. The first-order chi connectivity index (χ1) is 13.1. The Kier molecular flexibility index (Phi) is 7.22. The minimum Gasteiger partial charge on any atom is -0.459 e. The predicted octanol–water partition coefficient (Wildman–Crippen LogP) is 3.66.